The molecule has 0 atom stereocenters. The molecule has 6 nitrogen and oxygen atoms in total. The van der Waals surface area contributed by atoms with Crippen molar-refractivity contribution in [2.75, 3.05) is 26.2 Å². The van der Waals surface area contributed by atoms with E-state index in [4.69, 9.17) is 5.73 Å². The number of rotatable bonds is 6. The van der Waals surface area contributed by atoms with Gasteiger partial charge in [-0.3, -0.25) is 14.5 Å². The van der Waals surface area contributed by atoms with Crippen molar-refractivity contribution in [3.63, 3.8) is 0 Å². The van der Waals surface area contributed by atoms with Crippen LogP contribution in [0.1, 0.15) is 58.3 Å². The number of nitrogens with one attached hydrogen (secondary N) is 2. The van der Waals surface area contributed by atoms with Gasteiger partial charge in [-0.25, -0.2) is 0 Å². The van der Waals surface area contributed by atoms with Crippen LogP contribution in [0.4, 0.5) is 0 Å². The maximum Gasteiger partial charge on any atom is 0.240 e. The van der Waals surface area contributed by atoms with Crippen molar-refractivity contribution < 1.29 is 9.59 Å². The van der Waals surface area contributed by atoms with Gasteiger partial charge in [0.2, 0.25) is 11.8 Å². The smallest absolute Gasteiger partial charge is 0.240 e. The molecule has 0 bridgehead atoms. The first-order valence-corrected chi connectivity index (χ1v) is 9.12. The van der Waals surface area contributed by atoms with E-state index in [0.717, 1.165) is 64.6 Å². The molecule has 0 unspecified atom stereocenters. The molecule has 0 spiro atoms. The summed E-state index contributed by atoms with van der Waals surface area (Å²) in [5.41, 5.74) is 5.63. The minimum Gasteiger partial charge on any atom is -0.355 e. The van der Waals surface area contributed by atoms with Crippen LogP contribution in [0.3, 0.4) is 0 Å². The third-order valence-corrected chi connectivity index (χ3v) is 5.06. The first kappa shape index (κ1) is 24.4. The van der Waals surface area contributed by atoms with Gasteiger partial charge in [0.15, 0.2) is 0 Å². The van der Waals surface area contributed by atoms with Gasteiger partial charge < -0.3 is 16.4 Å². The monoisotopic (exact) mass is 396 g/mol. The molecule has 2 fully saturated rings. The van der Waals surface area contributed by atoms with E-state index in [-0.39, 0.29) is 42.7 Å². The highest BCUT2D eigenvalue weighted by Crippen LogP contribution is 2.26. The Balaban J connectivity index is 0.00000288. The normalized spacial score (nSPS) is 20.7. The lowest BCUT2D eigenvalue weighted by Gasteiger charge is -2.36. The second-order valence-corrected chi connectivity index (χ2v) is 7.09. The highest BCUT2D eigenvalue weighted by molar-refractivity contribution is 5.86. The predicted molar refractivity (Wildman–Crippen MR) is 105 cm³/mol. The van der Waals surface area contributed by atoms with Crippen LogP contribution in [0, 0.1) is 0 Å². The van der Waals surface area contributed by atoms with E-state index < -0.39 is 5.54 Å². The number of likely N-dealkylation sites (tertiary alicyclic amines) is 1. The van der Waals surface area contributed by atoms with Gasteiger partial charge in [-0.15, -0.1) is 24.8 Å². The van der Waals surface area contributed by atoms with E-state index >= 15 is 0 Å². The van der Waals surface area contributed by atoms with Gasteiger partial charge in [0.05, 0.1) is 12.1 Å². The van der Waals surface area contributed by atoms with Gasteiger partial charge in [0, 0.05) is 25.7 Å². The van der Waals surface area contributed by atoms with Crippen LogP contribution < -0.4 is 16.4 Å². The average molecular weight is 397 g/mol. The first-order valence-electron chi connectivity index (χ1n) is 9.12. The summed E-state index contributed by atoms with van der Waals surface area (Å²) in [6, 6.07) is 0.194. The number of carbonyl (C=O) groups is 2. The lowest BCUT2D eigenvalue weighted by molar-refractivity contribution is -0.129. The zero-order valence-electron chi connectivity index (χ0n) is 15.2. The number of hydrogen-bond acceptors (Lipinski definition) is 4. The zero-order valence-corrected chi connectivity index (χ0v) is 16.9. The number of halogens is 2. The molecular weight excluding hydrogens is 363 g/mol. The molecule has 0 aromatic carbocycles. The molecule has 148 valence electrons. The lowest BCUT2D eigenvalue weighted by Crippen LogP contribution is -2.58. The Bertz CT molecular complexity index is 409. The maximum atomic E-state index is 12.5. The standard InChI is InChI=1S/C17H32N4O2.2ClH/c1-2-10-19-15(22)13-21-11-6-14(7-12-21)20-16(23)17(18)8-4-3-5-9-17;;/h14H,2-13,18H2,1H3,(H,19,22)(H,20,23);2*1H. The SMILES string of the molecule is CCCNC(=O)CN1CCC(NC(=O)C2(N)CCCCC2)CC1.Cl.Cl. The second kappa shape index (κ2) is 11.9. The van der Waals surface area contributed by atoms with Crippen LogP contribution in [0.5, 0.6) is 0 Å². The van der Waals surface area contributed by atoms with Crippen LogP contribution in [0.25, 0.3) is 0 Å². The van der Waals surface area contributed by atoms with Crippen molar-refractivity contribution in [2.45, 2.75) is 69.9 Å². The molecule has 25 heavy (non-hydrogen) atoms. The lowest BCUT2D eigenvalue weighted by atomic mass is 9.81. The third kappa shape index (κ3) is 7.69. The molecule has 1 saturated heterocycles. The molecule has 8 heteroatoms. The topological polar surface area (TPSA) is 87.5 Å². The van der Waals surface area contributed by atoms with Crippen molar-refractivity contribution in [1.82, 2.24) is 15.5 Å². The molecule has 4 N–H and O–H groups in total. The Morgan fingerprint density at radius 2 is 1.72 bits per heavy atom. The van der Waals surface area contributed by atoms with E-state index in [1.807, 2.05) is 6.92 Å². The number of amides is 2. The molecular formula is C17H34Cl2N4O2. The summed E-state index contributed by atoms with van der Waals surface area (Å²) >= 11 is 0. The number of hydrogen-bond donors (Lipinski definition) is 3. The molecule has 1 saturated carbocycles. The van der Waals surface area contributed by atoms with E-state index in [2.05, 4.69) is 15.5 Å². The Morgan fingerprint density at radius 3 is 2.28 bits per heavy atom. The Labute approximate surface area is 163 Å². The van der Waals surface area contributed by atoms with Gasteiger partial charge in [0.1, 0.15) is 0 Å². The molecule has 0 aromatic rings. The summed E-state index contributed by atoms with van der Waals surface area (Å²) in [6.45, 7) is 4.94. The van der Waals surface area contributed by atoms with Crippen LogP contribution in [0.15, 0.2) is 0 Å². The van der Waals surface area contributed by atoms with Crippen molar-refractivity contribution in [2.24, 2.45) is 5.73 Å². The van der Waals surface area contributed by atoms with E-state index in [9.17, 15) is 9.59 Å². The summed E-state index contributed by atoms with van der Waals surface area (Å²) in [6.07, 6.45) is 7.63. The number of nitrogens with zero attached hydrogens (tertiary/aromatic N) is 1. The predicted octanol–water partition coefficient (Wildman–Crippen LogP) is 1.60. The van der Waals surface area contributed by atoms with Crippen molar-refractivity contribution in [3.05, 3.63) is 0 Å². The summed E-state index contributed by atoms with van der Waals surface area (Å²) in [5, 5.41) is 6.05. The van der Waals surface area contributed by atoms with Gasteiger partial charge in [-0.2, -0.15) is 0 Å². The molecule has 0 radical (unpaired) electrons. The van der Waals surface area contributed by atoms with Crippen molar-refractivity contribution in [3.8, 4) is 0 Å². The molecule has 1 aliphatic carbocycles. The van der Waals surface area contributed by atoms with Crippen molar-refractivity contribution >= 4 is 36.6 Å². The number of nitrogens with two attached hydrogens (primary N) is 1. The average Bonchev–Trinajstić information content (AvgIpc) is 2.55. The summed E-state index contributed by atoms with van der Waals surface area (Å²) < 4.78 is 0. The van der Waals surface area contributed by atoms with E-state index in [1.54, 1.807) is 0 Å². The minimum absolute atomic E-state index is 0. The molecule has 2 rings (SSSR count). The van der Waals surface area contributed by atoms with Crippen molar-refractivity contribution in [1.29, 1.82) is 0 Å². The largest absolute Gasteiger partial charge is 0.355 e. The zero-order chi connectivity index (χ0) is 16.7. The molecule has 1 aliphatic heterocycles. The highest BCUT2D eigenvalue weighted by atomic mass is 35.5. The quantitative estimate of drug-likeness (QED) is 0.635. The van der Waals surface area contributed by atoms with Gasteiger partial charge in [-0.05, 0) is 32.1 Å². The minimum atomic E-state index is -0.657. The van der Waals surface area contributed by atoms with E-state index in [0.29, 0.717) is 6.54 Å². The number of carbonyl (C=O) groups excluding carboxylic acids is 2. The molecule has 0 aromatic heterocycles. The van der Waals surface area contributed by atoms with E-state index in [1.165, 1.54) is 6.42 Å². The van der Waals surface area contributed by atoms with Crippen LogP contribution in [-0.4, -0.2) is 54.5 Å². The number of piperidine rings is 1. The van der Waals surface area contributed by atoms with Crippen LogP contribution >= 0.6 is 24.8 Å². The fourth-order valence-electron chi connectivity index (χ4n) is 3.50. The first-order chi connectivity index (χ1) is 11.0. The second-order valence-electron chi connectivity index (χ2n) is 7.09. The summed E-state index contributed by atoms with van der Waals surface area (Å²) in [5.74, 6) is 0.119. The third-order valence-electron chi connectivity index (χ3n) is 5.06. The van der Waals surface area contributed by atoms with Crippen LogP contribution in [-0.2, 0) is 9.59 Å². The Kier molecular flexibility index (Phi) is 11.7. The Hall–Kier alpha value is -0.560. The molecule has 2 amide bonds. The Morgan fingerprint density at radius 1 is 1.12 bits per heavy atom. The molecule has 2 aliphatic rings. The fraction of sp³-hybridized carbons (Fsp3) is 0.882. The van der Waals surface area contributed by atoms with Gasteiger partial charge >= 0.3 is 0 Å². The van der Waals surface area contributed by atoms with Crippen LogP contribution in [0.2, 0.25) is 0 Å². The maximum absolute atomic E-state index is 12.5. The highest BCUT2D eigenvalue weighted by Gasteiger charge is 2.36. The fourth-order valence-corrected chi connectivity index (χ4v) is 3.50. The molecule has 1 heterocycles. The van der Waals surface area contributed by atoms with Gasteiger partial charge in [-0.1, -0.05) is 26.2 Å². The summed E-state index contributed by atoms with van der Waals surface area (Å²) in [7, 11) is 0. The van der Waals surface area contributed by atoms with Gasteiger partial charge in [0.25, 0.3) is 0 Å². The summed E-state index contributed by atoms with van der Waals surface area (Å²) in [4.78, 5) is 26.4.